The van der Waals surface area contributed by atoms with E-state index in [1.807, 2.05) is 6.92 Å². The number of aromatic carboxylic acids is 1. The molecule has 1 rings (SSSR count). The number of aryl methyl sites for hydroxylation is 1. The lowest BCUT2D eigenvalue weighted by Crippen LogP contribution is -1.94. The van der Waals surface area contributed by atoms with Crippen molar-refractivity contribution in [2.45, 2.75) is 18.7 Å². The summed E-state index contributed by atoms with van der Waals surface area (Å²) >= 11 is 3.29. The van der Waals surface area contributed by atoms with Crippen LogP contribution in [0.15, 0.2) is 10.5 Å². The van der Waals surface area contributed by atoms with Gasteiger partial charge in [0.05, 0.1) is 4.83 Å². The third-order valence-corrected chi connectivity index (χ3v) is 1.97. The third kappa shape index (κ3) is 1.69. The number of alkyl halides is 1. The Morgan fingerprint density at radius 1 is 1.75 bits per heavy atom. The van der Waals surface area contributed by atoms with Gasteiger partial charge in [0.25, 0.3) is 0 Å². The number of hydrogen-bond acceptors (Lipinski definition) is 2. The second-order valence-electron chi connectivity index (χ2n) is 2.58. The molecule has 0 aliphatic carbocycles. The van der Waals surface area contributed by atoms with E-state index in [-0.39, 0.29) is 10.6 Å². The van der Waals surface area contributed by atoms with Crippen molar-refractivity contribution in [3.8, 4) is 0 Å². The number of halogens is 1. The predicted molar refractivity (Wildman–Crippen MR) is 47.7 cm³/mol. The monoisotopic (exact) mass is 232 g/mol. The Morgan fingerprint density at radius 2 is 2.33 bits per heavy atom. The molecule has 0 radical (unpaired) electrons. The van der Waals surface area contributed by atoms with E-state index in [0.29, 0.717) is 11.3 Å². The van der Waals surface area contributed by atoms with Crippen molar-refractivity contribution >= 4 is 21.9 Å². The Balaban J connectivity index is 3.09. The molecule has 12 heavy (non-hydrogen) atoms. The van der Waals surface area contributed by atoms with Gasteiger partial charge in [-0.3, -0.25) is 0 Å². The van der Waals surface area contributed by atoms with Crippen molar-refractivity contribution in [2.75, 3.05) is 0 Å². The third-order valence-electron chi connectivity index (χ3n) is 1.52. The van der Waals surface area contributed by atoms with Crippen LogP contribution in [0.3, 0.4) is 0 Å². The van der Waals surface area contributed by atoms with E-state index < -0.39 is 5.97 Å². The SMILES string of the molecule is Cc1cc(C(C)Br)oc1C(=O)O. The summed E-state index contributed by atoms with van der Waals surface area (Å²) in [5.41, 5.74) is 0.656. The number of carbonyl (C=O) groups is 1. The molecule has 0 saturated carbocycles. The van der Waals surface area contributed by atoms with E-state index in [1.54, 1.807) is 13.0 Å². The Labute approximate surface area is 78.5 Å². The van der Waals surface area contributed by atoms with Gasteiger partial charge in [-0.15, -0.1) is 0 Å². The quantitative estimate of drug-likeness (QED) is 0.799. The van der Waals surface area contributed by atoms with E-state index in [0.717, 1.165) is 0 Å². The second kappa shape index (κ2) is 3.31. The van der Waals surface area contributed by atoms with Gasteiger partial charge >= 0.3 is 5.97 Å². The Hall–Kier alpha value is -0.770. The van der Waals surface area contributed by atoms with Crippen LogP contribution in [0.1, 0.15) is 33.6 Å². The fourth-order valence-corrected chi connectivity index (χ4v) is 1.14. The zero-order valence-electron chi connectivity index (χ0n) is 6.80. The van der Waals surface area contributed by atoms with Gasteiger partial charge in [0, 0.05) is 5.56 Å². The summed E-state index contributed by atoms with van der Waals surface area (Å²) in [7, 11) is 0. The molecule has 0 bridgehead atoms. The van der Waals surface area contributed by atoms with Crippen LogP contribution >= 0.6 is 15.9 Å². The molecule has 0 saturated heterocycles. The summed E-state index contributed by atoms with van der Waals surface area (Å²) in [5.74, 6) is -0.354. The van der Waals surface area contributed by atoms with Gasteiger partial charge in [-0.25, -0.2) is 4.79 Å². The maximum atomic E-state index is 10.5. The number of carboxylic acids is 1. The summed E-state index contributed by atoms with van der Waals surface area (Å²) in [6.45, 7) is 3.59. The van der Waals surface area contributed by atoms with Crippen LogP contribution in [0.25, 0.3) is 0 Å². The maximum absolute atomic E-state index is 10.5. The molecule has 1 N–H and O–H groups in total. The Kier molecular flexibility index (Phi) is 2.57. The van der Waals surface area contributed by atoms with Gasteiger partial charge in [0.1, 0.15) is 5.76 Å². The van der Waals surface area contributed by atoms with E-state index >= 15 is 0 Å². The minimum atomic E-state index is -1.02. The molecule has 0 amide bonds. The van der Waals surface area contributed by atoms with Gasteiger partial charge in [0.15, 0.2) is 0 Å². The van der Waals surface area contributed by atoms with E-state index in [4.69, 9.17) is 9.52 Å². The lowest BCUT2D eigenvalue weighted by Gasteiger charge is -1.94. The molecule has 1 aromatic heterocycles. The Morgan fingerprint density at radius 3 is 2.58 bits per heavy atom. The predicted octanol–water partition coefficient (Wildman–Crippen LogP) is 2.74. The van der Waals surface area contributed by atoms with Crippen molar-refractivity contribution in [3.05, 3.63) is 23.2 Å². The number of furan rings is 1. The zero-order valence-corrected chi connectivity index (χ0v) is 8.38. The molecule has 0 aromatic carbocycles. The lowest BCUT2D eigenvalue weighted by atomic mass is 10.2. The molecule has 1 heterocycles. The minimum Gasteiger partial charge on any atom is -0.475 e. The van der Waals surface area contributed by atoms with Crippen LogP contribution in [0, 0.1) is 6.92 Å². The van der Waals surface area contributed by atoms with Crippen LogP contribution in [0.5, 0.6) is 0 Å². The van der Waals surface area contributed by atoms with Gasteiger partial charge in [-0.1, -0.05) is 15.9 Å². The number of carboxylic acid groups (broad SMARTS) is 1. The number of hydrogen-bond donors (Lipinski definition) is 1. The largest absolute Gasteiger partial charge is 0.475 e. The van der Waals surface area contributed by atoms with Crippen LogP contribution in [0.4, 0.5) is 0 Å². The molecule has 1 aromatic rings. The first-order chi connectivity index (χ1) is 5.52. The molecule has 0 aliphatic heterocycles. The molecular formula is C8H9BrO3. The topological polar surface area (TPSA) is 50.4 Å². The highest BCUT2D eigenvalue weighted by atomic mass is 79.9. The zero-order chi connectivity index (χ0) is 9.30. The van der Waals surface area contributed by atoms with E-state index in [2.05, 4.69) is 15.9 Å². The first-order valence-corrected chi connectivity index (χ1v) is 4.41. The van der Waals surface area contributed by atoms with Crippen LogP contribution < -0.4 is 0 Å². The summed E-state index contributed by atoms with van der Waals surface area (Å²) in [4.78, 5) is 10.6. The fraction of sp³-hybridized carbons (Fsp3) is 0.375. The minimum absolute atomic E-state index is 0.0244. The standard InChI is InChI=1S/C8H9BrO3/c1-4-3-6(5(2)9)12-7(4)8(10)11/h3,5H,1-2H3,(H,10,11). The molecule has 1 atom stereocenters. The van der Waals surface area contributed by atoms with Crippen LogP contribution in [-0.4, -0.2) is 11.1 Å². The summed E-state index contributed by atoms with van der Waals surface area (Å²) in [6, 6.07) is 1.73. The summed E-state index contributed by atoms with van der Waals surface area (Å²) in [6.07, 6.45) is 0. The average Bonchev–Trinajstić information content (AvgIpc) is 2.30. The molecule has 0 aliphatic rings. The summed E-state index contributed by atoms with van der Waals surface area (Å²) < 4.78 is 5.09. The van der Waals surface area contributed by atoms with Crippen molar-refractivity contribution in [3.63, 3.8) is 0 Å². The number of rotatable bonds is 2. The van der Waals surface area contributed by atoms with Gasteiger partial charge in [-0.2, -0.15) is 0 Å². The fourth-order valence-electron chi connectivity index (χ4n) is 0.915. The van der Waals surface area contributed by atoms with Crippen molar-refractivity contribution in [1.82, 2.24) is 0 Å². The van der Waals surface area contributed by atoms with Crippen molar-refractivity contribution < 1.29 is 14.3 Å². The molecule has 66 valence electrons. The van der Waals surface area contributed by atoms with E-state index in [9.17, 15) is 4.79 Å². The second-order valence-corrected chi connectivity index (χ2v) is 3.96. The molecule has 0 fully saturated rings. The molecular weight excluding hydrogens is 224 g/mol. The highest BCUT2D eigenvalue weighted by Crippen LogP contribution is 2.26. The summed E-state index contributed by atoms with van der Waals surface area (Å²) in [5, 5.41) is 8.65. The molecule has 4 heteroatoms. The van der Waals surface area contributed by atoms with Gasteiger partial charge < -0.3 is 9.52 Å². The van der Waals surface area contributed by atoms with Crippen molar-refractivity contribution in [1.29, 1.82) is 0 Å². The smallest absolute Gasteiger partial charge is 0.372 e. The van der Waals surface area contributed by atoms with Gasteiger partial charge in [-0.05, 0) is 19.9 Å². The molecule has 3 nitrogen and oxygen atoms in total. The molecule has 0 spiro atoms. The highest BCUT2D eigenvalue weighted by Gasteiger charge is 2.16. The van der Waals surface area contributed by atoms with Gasteiger partial charge in [0.2, 0.25) is 5.76 Å². The normalized spacial score (nSPS) is 12.9. The van der Waals surface area contributed by atoms with Crippen LogP contribution in [-0.2, 0) is 0 Å². The average molecular weight is 233 g/mol. The van der Waals surface area contributed by atoms with Crippen LogP contribution in [0.2, 0.25) is 0 Å². The van der Waals surface area contributed by atoms with Crippen molar-refractivity contribution in [2.24, 2.45) is 0 Å². The lowest BCUT2D eigenvalue weighted by molar-refractivity contribution is 0.0659. The first-order valence-electron chi connectivity index (χ1n) is 3.50. The first kappa shape index (κ1) is 9.32. The van der Waals surface area contributed by atoms with E-state index in [1.165, 1.54) is 0 Å². The Bertz CT molecular complexity index is 301. The highest BCUT2D eigenvalue weighted by molar-refractivity contribution is 9.09. The molecule has 1 unspecified atom stereocenters. The maximum Gasteiger partial charge on any atom is 0.372 e.